The Bertz CT molecular complexity index is 547. The van der Waals surface area contributed by atoms with Crippen LogP contribution >= 0.6 is 0 Å². The van der Waals surface area contributed by atoms with E-state index < -0.39 is 0 Å². The summed E-state index contributed by atoms with van der Waals surface area (Å²) in [5.74, 6) is 1.39. The van der Waals surface area contributed by atoms with Crippen LogP contribution < -0.4 is 0 Å². The maximum Gasteiger partial charge on any atom is 0.117 e. The molecule has 3 heterocycles. The lowest BCUT2D eigenvalue weighted by atomic mass is 9.95. The molecule has 0 radical (unpaired) electrons. The van der Waals surface area contributed by atoms with Gasteiger partial charge in [0.2, 0.25) is 0 Å². The molecule has 5 nitrogen and oxygen atoms in total. The van der Waals surface area contributed by atoms with E-state index >= 15 is 0 Å². The fraction of sp³-hybridized carbons (Fsp3) is 0.533. The molecule has 2 aromatic heterocycles. The molecule has 20 heavy (non-hydrogen) atoms. The van der Waals surface area contributed by atoms with E-state index in [1.54, 1.807) is 6.26 Å². The van der Waals surface area contributed by atoms with E-state index in [1.807, 2.05) is 30.8 Å². The number of hydrogen-bond donors (Lipinski definition) is 0. The highest BCUT2D eigenvalue weighted by Crippen LogP contribution is 2.28. The highest BCUT2D eigenvalue weighted by Gasteiger charge is 2.28. The van der Waals surface area contributed by atoms with E-state index in [9.17, 15) is 0 Å². The second kappa shape index (κ2) is 5.81. The summed E-state index contributed by atoms with van der Waals surface area (Å²) in [4.78, 5) is 2.37. The molecular formula is C15H21N3O2. The molecule has 0 fully saturated rings. The Hall–Kier alpha value is -1.59. The molecule has 2 aromatic rings. The van der Waals surface area contributed by atoms with Gasteiger partial charge >= 0.3 is 0 Å². The second-order valence-electron chi connectivity index (χ2n) is 5.31. The molecule has 1 atom stereocenters. The van der Waals surface area contributed by atoms with Gasteiger partial charge in [0.25, 0.3) is 0 Å². The van der Waals surface area contributed by atoms with Crippen molar-refractivity contribution in [2.45, 2.75) is 25.9 Å². The Kier molecular flexibility index (Phi) is 3.89. The molecule has 1 aliphatic heterocycles. The molecule has 0 aromatic carbocycles. The Morgan fingerprint density at radius 3 is 3.15 bits per heavy atom. The summed E-state index contributed by atoms with van der Waals surface area (Å²) >= 11 is 0. The molecule has 0 bridgehead atoms. The molecule has 0 spiro atoms. The van der Waals surface area contributed by atoms with Crippen LogP contribution in [0.4, 0.5) is 0 Å². The molecule has 1 unspecified atom stereocenters. The van der Waals surface area contributed by atoms with Crippen molar-refractivity contribution in [1.82, 2.24) is 14.7 Å². The molecule has 1 aliphatic rings. The van der Waals surface area contributed by atoms with Gasteiger partial charge in [0.1, 0.15) is 5.76 Å². The summed E-state index contributed by atoms with van der Waals surface area (Å²) in [5, 5.41) is 4.58. The van der Waals surface area contributed by atoms with Crippen molar-refractivity contribution < 1.29 is 9.15 Å². The van der Waals surface area contributed by atoms with Crippen LogP contribution in [0, 0.1) is 0 Å². The smallest absolute Gasteiger partial charge is 0.117 e. The van der Waals surface area contributed by atoms with Crippen LogP contribution in [-0.2, 0) is 24.9 Å². The first kappa shape index (κ1) is 13.4. The monoisotopic (exact) mass is 275 g/mol. The molecule has 0 aliphatic carbocycles. The summed E-state index contributed by atoms with van der Waals surface area (Å²) in [6.07, 6.45) is 3.85. The first-order valence-electron chi connectivity index (χ1n) is 7.11. The van der Waals surface area contributed by atoms with Gasteiger partial charge in [-0.15, -0.1) is 0 Å². The number of ether oxygens (including phenoxy) is 1. The van der Waals surface area contributed by atoms with Gasteiger partial charge in [-0.3, -0.25) is 9.58 Å². The predicted octanol–water partition coefficient (Wildman–Crippen LogP) is 2.15. The maximum atomic E-state index is 5.64. The van der Waals surface area contributed by atoms with E-state index in [4.69, 9.17) is 9.15 Å². The minimum absolute atomic E-state index is 0.391. The van der Waals surface area contributed by atoms with Gasteiger partial charge in [0.15, 0.2) is 0 Å². The molecule has 0 saturated heterocycles. The van der Waals surface area contributed by atoms with Crippen LogP contribution in [0.1, 0.15) is 29.9 Å². The highest BCUT2D eigenvalue weighted by atomic mass is 16.5. The number of aryl methyl sites for hydroxylation is 1. The fourth-order valence-electron chi connectivity index (χ4n) is 2.85. The molecule has 3 rings (SSSR count). The second-order valence-corrected chi connectivity index (χ2v) is 5.31. The van der Waals surface area contributed by atoms with Crippen LogP contribution in [0.15, 0.2) is 29.0 Å². The van der Waals surface area contributed by atoms with Gasteiger partial charge in [0, 0.05) is 44.4 Å². The summed E-state index contributed by atoms with van der Waals surface area (Å²) in [6.45, 7) is 6.23. The van der Waals surface area contributed by atoms with Crippen LogP contribution in [-0.4, -0.2) is 34.4 Å². The van der Waals surface area contributed by atoms with E-state index in [-0.39, 0.29) is 0 Å². The van der Waals surface area contributed by atoms with Crippen molar-refractivity contribution in [2.24, 2.45) is 7.05 Å². The van der Waals surface area contributed by atoms with Crippen molar-refractivity contribution >= 4 is 0 Å². The lowest BCUT2D eigenvalue weighted by Gasteiger charge is -2.31. The molecule has 0 N–H and O–H groups in total. The van der Waals surface area contributed by atoms with Crippen LogP contribution in [0.3, 0.4) is 0 Å². The standard InChI is InChI=1S/C15H21N3O2/c1-3-19-11-12-7-18(8-13-5-4-6-20-13)10-15-14(12)9-17(2)16-15/h4-6,9,12H,3,7-8,10-11H2,1-2H3. The lowest BCUT2D eigenvalue weighted by molar-refractivity contribution is 0.102. The zero-order chi connectivity index (χ0) is 13.9. The normalized spacial score (nSPS) is 19.2. The fourth-order valence-corrected chi connectivity index (χ4v) is 2.85. The summed E-state index contributed by atoms with van der Waals surface area (Å²) in [7, 11) is 1.98. The summed E-state index contributed by atoms with van der Waals surface area (Å²) < 4.78 is 13.0. The lowest BCUT2D eigenvalue weighted by Crippen LogP contribution is -2.34. The van der Waals surface area contributed by atoms with Crippen LogP contribution in [0.25, 0.3) is 0 Å². The first-order chi connectivity index (χ1) is 9.76. The van der Waals surface area contributed by atoms with E-state index in [1.165, 1.54) is 5.56 Å². The number of rotatable bonds is 5. The van der Waals surface area contributed by atoms with Gasteiger partial charge < -0.3 is 9.15 Å². The van der Waals surface area contributed by atoms with Crippen molar-refractivity contribution in [3.8, 4) is 0 Å². The van der Waals surface area contributed by atoms with Gasteiger partial charge in [-0.05, 0) is 19.1 Å². The minimum atomic E-state index is 0.391. The number of hydrogen-bond acceptors (Lipinski definition) is 4. The molecule has 0 amide bonds. The van der Waals surface area contributed by atoms with E-state index in [0.717, 1.165) is 44.3 Å². The molecule has 5 heteroatoms. The van der Waals surface area contributed by atoms with Gasteiger partial charge in [0.05, 0.1) is 25.1 Å². The molecular weight excluding hydrogens is 254 g/mol. The number of fused-ring (bicyclic) bond motifs is 1. The first-order valence-corrected chi connectivity index (χ1v) is 7.11. The summed E-state index contributed by atoms with van der Waals surface area (Å²) in [6, 6.07) is 3.95. The van der Waals surface area contributed by atoms with E-state index in [0.29, 0.717) is 5.92 Å². The largest absolute Gasteiger partial charge is 0.468 e. The van der Waals surface area contributed by atoms with Gasteiger partial charge in [-0.1, -0.05) is 0 Å². The van der Waals surface area contributed by atoms with Gasteiger partial charge in [-0.2, -0.15) is 5.10 Å². The predicted molar refractivity (Wildman–Crippen MR) is 75.3 cm³/mol. The average molecular weight is 275 g/mol. The minimum Gasteiger partial charge on any atom is -0.468 e. The van der Waals surface area contributed by atoms with Crippen molar-refractivity contribution in [3.05, 3.63) is 41.6 Å². The molecule has 108 valence electrons. The Morgan fingerprint density at radius 1 is 1.50 bits per heavy atom. The summed E-state index contributed by atoms with van der Waals surface area (Å²) in [5.41, 5.74) is 2.49. The zero-order valence-corrected chi connectivity index (χ0v) is 12.1. The molecule has 0 saturated carbocycles. The quantitative estimate of drug-likeness (QED) is 0.838. The topological polar surface area (TPSA) is 43.4 Å². The van der Waals surface area contributed by atoms with Crippen molar-refractivity contribution in [3.63, 3.8) is 0 Å². The third-order valence-corrected chi connectivity index (χ3v) is 3.71. The average Bonchev–Trinajstić information content (AvgIpc) is 3.04. The van der Waals surface area contributed by atoms with Crippen molar-refractivity contribution in [1.29, 1.82) is 0 Å². The number of nitrogens with zero attached hydrogens (tertiary/aromatic N) is 3. The van der Waals surface area contributed by atoms with E-state index in [2.05, 4.69) is 16.2 Å². The third kappa shape index (κ3) is 2.78. The SMILES string of the molecule is CCOCC1CN(Cc2ccco2)Cc2nn(C)cc21. The van der Waals surface area contributed by atoms with Gasteiger partial charge in [-0.25, -0.2) is 0 Å². The Balaban J connectivity index is 1.76. The number of aromatic nitrogens is 2. The Labute approximate surface area is 119 Å². The highest BCUT2D eigenvalue weighted by molar-refractivity contribution is 5.25. The van der Waals surface area contributed by atoms with Crippen LogP contribution in [0.2, 0.25) is 0 Å². The van der Waals surface area contributed by atoms with Crippen LogP contribution in [0.5, 0.6) is 0 Å². The Morgan fingerprint density at radius 2 is 2.40 bits per heavy atom. The number of furan rings is 1. The van der Waals surface area contributed by atoms with Crippen molar-refractivity contribution in [2.75, 3.05) is 19.8 Å². The zero-order valence-electron chi connectivity index (χ0n) is 12.1. The maximum absolute atomic E-state index is 5.64. The third-order valence-electron chi connectivity index (χ3n) is 3.71.